The number of hydrogen-bond acceptors (Lipinski definition) is 22. The number of ether oxygens (including phenoxy) is 9. The van der Waals surface area contributed by atoms with Crippen molar-refractivity contribution in [3.63, 3.8) is 0 Å². The SMILES string of the molecule is CN1Cc2c(Cl)cc(Cl)cc2C(c2cccc(S(=O)(=O)NCCOCCOCCOCCNC(=O)CCC(CCC(=O)NCCOCCOCCOCCNS(=O)(=O)c3cccc(C4CN(C)Cc5c(Cl)cc(Cl)cc54)c3)(CCC(=O)NCCOCCOCCOCCNS(=O)(=O)c3cccc(C4CN(C)Cc5c(Cl)cc(Cl)cc54)c3)NC(=O)Nc3ccccc3)c2)C1. The molecular formula is C89H115Cl6N11O19S3. The molecule has 0 aliphatic carbocycles. The van der Waals surface area contributed by atoms with Gasteiger partial charge in [-0.1, -0.05) is 124 Å². The summed E-state index contributed by atoms with van der Waals surface area (Å²) in [5.41, 5.74) is 7.45. The van der Waals surface area contributed by atoms with Crippen LogP contribution in [-0.2, 0) is 107 Å². The van der Waals surface area contributed by atoms with Gasteiger partial charge in [-0.2, -0.15) is 0 Å². The molecule has 700 valence electrons. The van der Waals surface area contributed by atoms with Gasteiger partial charge in [0.2, 0.25) is 47.8 Å². The summed E-state index contributed by atoms with van der Waals surface area (Å²) >= 11 is 38.9. The zero-order chi connectivity index (χ0) is 91.5. The number of urea groups is 1. The molecule has 3 atom stereocenters. The molecule has 10 rings (SSSR count). The van der Waals surface area contributed by atoms with Crippen LogP contribution in [0.3, 0.4) is 0 Å². The van der Waals surface area contributed by atoms with E-state index < -0.39 is 41.6 Å². The van der Waals surface area contributed by atoms with E-state index in [0.29, 0.717) is 75.1 Å². The van der Waals surface area contributed by atoms with Crippen LogP contribution in [0.5, 0.6) is 0 Å². The van der Waals surface area contributed by atoms with E-state index >= 15 is 0 Å². The smallest absolute Gasteiger partial charge is 0.319 e. The number of carbonyl (C=O) groups excluding carboxylic acids is 4. The summed E-state index contributed by atoms with van der Waals surface area (Å²) in [5.74, 6) is -1.54. The van der Waals surface area contributed by atoms with E-state index in [9.17, 15) is 44.4 Å². The van der Waals surface area contributed by atoms with Crippen molar-refractivity contribution in [1.29, 1.82) is 0 Å². The normalized spacial score (nSPS) is 16.1. The maximum absolute atomic E-state index is 14.0. The highest BCUT2D eigenvalue weighted by Crippen LogP contribution is 2.43. The minimum Gasteiger partial charge on any atom is -0.378 e. The Hall–Kier alpha value is -6.79. The van der Waals surface area contributed by atoms with E-state index in [2.05, 4.69) is 55.4 Å². The van der Waals surface area contributed by atoms with E-state index in [-0.39, 0.29) is 247 Å². The number of anilines is 1. The third kappa shape index (κ3) is 33.4. The Labute approximate surface area is 780 Å². The van der Waals surface area contributed by atoms with Crippen LogP contribution in [-0.4, -0.2) is 268 Å². The zero-order valence-electron chi connectivity index (χ0n) is 72.1. The molecule has 0 saturated carbocycles. The summed E-state index contributed by atoms with van der Waals surface area (Å²) in [4.78, 5) is 61.6. The summed E-state index contributed by atoms with van der Waals surface area (Å²) in [5, 5.41) is 17.7. The number of sulfonamides is 3. The van der Waals surface area contributed by atoms with Gasteiger partial charge >= 0.3 is 6.03 Å². The highest BCUT2D eigenvalue weighted by molar-refractivity contribution is 7.90. The summed E-state index contributed by atoms with van der Waals surface area (Å²) < 4.78 is 139. The van der Waals surface area contributed by atoms with Gasteiger partial charge in [-0.3, -0.25) is 14.4 Å². The number of rotatable bonds is 56. The van der Waals surface area contributed by atoms with Crippen molar-refractivity contribution in [2.24, 2.45) is 0 Å². The molecule has 0 fully saturated rings. The molecule has 3 unspecified atom stereocenters. The molecular weight excluding hydrogens is 1840 g/mol. The largest absolute Gasteiger partial charge is 0.378 e. The molecule has 3 heterocycles. The number of benzene rings is 7. The average Bonchev–Trinajstić information content (AvgIpc) is 0.778. The topological polar surface area (TPSA) is 360 Å². The Kier molecular flexibility index (Phi) is 42.5. The quantitative estimate of drug-likeness (QED) is 0.0164. The second-order valence-corrected chi connectivity index (χ2v) is 39.1. The van der Waals surface area contributed by atoms with Gasteiger partial charge in [-0.25, -0.2) is 44.2 Å². The first kappa shape index (κ1) is 103. The number of hydrogen-bond donors (Lipinski definition) is 8. The minimum absolute atomic E-state index is 0.0228. The van der Waals surface area contributed by atoms with Gasteiger partial charge in [0.1, 0.15) is 0 Å². The molecule has 128 heavy (non-hydrogen) atoms. The van der Waals surface area contributed by atoms with Crippen LogP contribution in [0, 0.1) is 0 Å². The van der Waals surface area contributed by atoms with E-state index in [1.165, 1.54) is 0 Å². The first-order valence-corrected chi connectivity index (χ1v) is 49.2. The van der Waals surface area contributed by atoms with E-state index in [0.717, 1.165) is 50.1 Å². The molecule has 3 aliphatic rings. The monoisotopic (exact) mass is 1950 g/mol. The zero-order valence-corrected chi connectivity index (χ0v) is 79.0. The summed E-state index contributed by atoms with van der Waals surface area (Å²) in [6.45, 7) is 7.56. The molecule has 5 amide bonds. The van der Waals surface area contributed by atoms with E-state index in [1.54, 1.807) is 103 Å². The van der Waals surface area contributed by atoms with E-state index in [4.69, 9.17) is 112 Å². The summed E-state index contributed by atoms with van der Waals surface area (Å²) in [6.07, 6.45) is -0.271. The van der Waals surface area contributed by atoms with Crippen LogP contribution in [0.15, 0.2) is 154 Å². The van der Waals surface area contributed by atoms with Gasteiger partial charge in [-0.05, 0) is 175 Å². The van der Waals surface area contributed by atoms with Gasteiger partial charge in [0.15, 0.2) is 0 Å². The number of carbonyl (C=O) groups is 4. The first-order chi connectivity index (χ1) is 61.5. The van der Waals surface area contributed by atoms with Crippen LogP contribution in [0.25, 0.3) is 0 Å². The van der Waals surface area contributed by atoms with Crippen molar-refractivity contribution in [2.45, 2.75) is 96.1 Å². The van der Waals surface area contributed by atoms with Gasteiger partial charge in [-0.15, -0.1) is 0 Å². The van der Waals surface area contributed by atoms with Gasteiger partial charge in [0.25, 0.3) is 0 Å². The summed E-state index contributed by atoms with van der Waals surface area (Å²) in [6, 6.07) is 39.4. The van der Waals surface area contributed by atoms with Crippen LogP contribution in [0.4, 0.5) is 10.5 Å². The van der Waals surface area contributed by atoms with Crippen molar-refractivity contribution in [3.8, 4) is 0 Å². The molecule has 0 saturated heterocycles. The van der Waals surface area contributed by atoms with Crippen LogP contribution >= 0.6 is 69.6 Å². The van der Waals surface area contributed by atoms with Crippen LogP contribution in [0.2, 0.25) is 30.1 Å². The lowest BCUT2D eigenvalue weighted by Gasteiger charge is -2.35. The fourth-order valence-corrected chi connectivity index (χ4v) is 20.2. The third-order valence-electron chi connectivity index (χ3n) is 21.6. The third-order valence-corrected chi connectivity index (χ3v) is 27.7. The number of para-hydroxylation sites is 1. The number of halogens is 6. The van der Waals surface area contributed by atoms with Gasteiger partial charge in [0.05, 0.1) is 134 Å². The molecule has 8 N–H and O–H groups in total. The molecule has 7 aromatic rings. The Morgan fingerprint density at radius 3 is 0.914 bits per heavy atom. The fraction of sp³-hybridized carbons (Fsp3) is 0.483. The number of nitrogens with one attached hydrogen (secondary N) is 8. The molecule has 0 spiro atoms. The molecule has 0 radical (unpaired) electrons. The highest BCUT2D eigenvalue weighted by atomic mass is 35.5. The molecule has 30 nitrogen and oxygen atoms in total. The molecule has 39 heteroatoms. The van der Waals surface area contributed by atoms with Crippen molar-refractivity contribution in [3.05, 3.63) is 220 Å². The number of fused-ring (bicyclic) bond motifs is 3. The Bertz CT molecular complexity index is 4690. The Morgan fingerprint density at radius 1 is 0.352 bits per heavy atom. The number of nitrogens with zero attached hydrogens (tertiary/aromatic N) is 3. The molecule has 3 aliphatic heterocycles. The van der Waals surface area contributed by atoms with Crippen molar-refractivity contribution in [1.82, 2.24) is 50.1 Å². The lowest BCUT2D eigenvalue weighted by molar-refractivity contribution is -0.121. The van der Waals surface area contributed by atoms with E-state index in [1.807, 2.05) is 57.5 Å². The van der Waals surface area contributed by atoms with Crippen molar-refractivity contribution < 1.29 is 87.1 Å². The van der Waals surface area contributed by atoms with Gasteiger partial charge in [0, 0.05) is 157 Å². The molecule has 0 bridgehead atoms. The standard InChI is InChI=1S/C89H115Cl6N11O19S3/c1-104-57-76(73-51-66(90)54-82(93)79(73)60-104)63-10-7-15-70(48-63)126(111,112)99-27-33-120-39-45-123-42-36-117-30-24-96-85(107)18-21-89(103-88(110)102-69-13-5-4-6-14-69,22-19-86(108)97-25-31-118-37-43-124-46-40-121-34-28-100-127(113,114)71-16-8-11-64(49-71)77-58-105(2)61-80-74(77)52-67(91)55-83(80)94)23-20-87(109)98-26-32-119-38-44-125-47-41-122-35-29-101-128(115,116)72-17-9-12-65(50-72)78-59-106(3)62-81-75(78)53-68(92)56-84(81)95/h4-17,48-56,76-78,99-101H,18-47,57-62H2,1-3H3,(H,96,107)(H,97,108)(H,98,109)(H2,102,103,110). The molecule has 7 aromatic carbocycles. The maximum Gasteiger partial charge on any atom is 0.319 e. The first-order valence-electron chi connectivity index (χ1n) is 42.5. The van der Waals surface area contributed by atoms with Crippen LogP contribution < -0.4 is 40.8 Å². The number of amides is 5. The maximum atomic E-state index is 14.0. The van der Waals surface area contributed by atoms with Gasteiger partial charge < -0.3 is 83.9 Å². The lowest BCUT2D eigenvalue weighted by Crippen LogP contribution is -2.52. The Balaban J connectivity index is 0.623. The summed E-state index contributed by atoms with van der Waals surface area (Å²) in [7, 11) is -5.66. The highest BCUT2D eigenvalue weighted by Gasteiger charge is 2.36. The Morgan fingerprint density at radius 2 is 0.625 bits per heavy atom. The minimum atomic E-state index is -3.87. The fourth-order valence-electron chi connectivity index (χ4n) is 15.3. The van der Waals surface area contributed by atoms with Crippen LogP contribution in [0.1, 0.15) is 106 Å². The second-order valence-electron chi connectivity index (χ2n) is 31.3. The molecule has 0 aromatic heterocycles. The van der Waals surface area contributed by atoms with Crippen molar-refractivity contribution in [2.75, 3.05) is 204 Å². The predicted octanol–water partition coefficient (Wildman–Crippen LogP) is 11.0. The van der Waals surface area contributed by atoms with Crippen molar-refractivity contribution >= 4 is 129 Å². The predicted molar refractivity (Wildman–Crippen MR) is 494 cm³/mol. The number of likely N-dealkylation sites (N-methyl/N-ethyl adjacent to an activating group) is 3. The average molecular weight is 1950 g/mol. The second kappa shape index (κ2) is 52.6. The lowest BCUT2D eigenvalue weighted by atomic mass is 9.83.